The van der Waals surface area contributed by atoms with E-state index in [9.17, 15) is 14.7 Å². The fourth-order valence-corrected chi connectivity index (χ4v) is 6.08. The molecule has 3 aromatic rings. The van der Waals surface area contributed by atoms with E-state index in [4.69, 9.17) is 9.47 Å². The molecule has 168 valence electrons. The SMILES string of the molecule is COc1cc(NC(=O)CSc2ncnc3sc4c(c23)CC[C@@H](C)C4)c(C(=O)O)cc1OC. The molecule has 32 heavy (non-hydrogen) atoms. The van der Waals surface area contributed by atoms with Crippen LogP contribution in [0.1, 0.15) is 34.1 Å². The van der Waals surface area contributed by atoms with E-state index in [-0.39, 0.29) is 28.7 Å². The van der Waals surface area contributed by atoms with Crippen LogP contribution in [0.2, 0.25) is 0 Å². The monoisotopic (exact) mass is 473 g/mol. The number of benzene rings is 1. The Labute approximate surface area is 193 Å². The third-order valence-electron chi connectivity index (χ3n) is 5.43. The number of thioether (sulfide) groups is 1. The van der Waals surface area contributed by atoms with E-state index in [1.807, 2.05) is 0 Å². The smallest absolute Gasteiger partial charge is 0.337 e. The second-order valence-corrected chi connectivity index (χ2v) is 9.65. The number of aromatic nitrogens is 2. The van der Waals surface area contributed by atoms with E-state index >= 15 is 0 Å². The lowest BCUT2D eigenvalue weighted by Crippen LogP contribution is -2.17. The first-order valence-corrected chi connectivity index (χ1v) is 11.9. The van der Waals surface area contributed by atoms with E-state index in [0.29, 0.717) is 11.7 Å². The fraction of sp³-hybridized carbons (Fsp3) is 0.364. The van der Waals surface area contributed by atoms with Crippen molar-refractivity contribution in [3.63, 3.8) is 0 Å². The molecule has 0 aliphatic heterocycles. The summed E-state index contributed by atoms with van der Waals surface area (Å²) in [6.07, 6.45) is 4.72. The molecule has 0 unspecified atom stereocenters. The molecular formula is C22H23N3O5S2. The number of rotatable bonds is 7. The van der Waals surface area contributed by atoms with Gasteiger partial charge in [0.05, 0.1) is 31.2 Å². The van der Waals surface area contributed by atoms with Crippen molar-refractivity contribution in [1.82, 2.24) is 9.97 Å². The Kier molecular flexibility index (Phi) is 6.52. The number of nitrogens with one attached hydrogen (secondary N) is 1. The summed E-state index contributed by atoms with van der Waals surface area (Å²) in [5.74, 6) is -0.162. The number of carbonyl (C=O) groups excluding carboxylic acids is 1. The number of hydrogen-bond donors (Lipinski definition) is 2. The second kappa shape index (κ2) is 9.33. The summed E-state index contributed by atoms with van der Waals surface area (Å²) in [5, 5.41) is 14.0. The quantitative estimate of drug-likeness (QED) is 0.387. The topological polar surface area (TPSA) is 111 Å². The lowest BCUT2D eigenvalue weighted by Gasteiger charge is -2.18. The predicted molar refractivity (Wildman–Crippen MR) is 124 cm³/mol. The van der Waals surface area contributed by atoms with Crippen LogP contribution < -0.4 is 14.8 Å². The number of aromatic carboxylic acids is 1. The molecule has 1 aromatic carbocycles. The number of aryl methyl sites for hydroxylation is 1. The highest BCUT2D eigenvalue weighted by Crippen LogP contribution is 2.40. The molecule has 0 spiro atoms. The standard InChI is InChI=1S/C22H23N3O5S2/c1-11-4-5-12-17(6-11)32-21-19(12)20(23-10-24-21)31-9-18(26)25-14-8-16(30-3)15(29-2)7-13(14)22(27)28/h7-8,10-11H,4-6,9H2,1-3H3,(H,25,26)(H,27,28)/t11-/m1/s1. The number of methoxy groups -OCH3 is 2. The molecule has 1 atom stereocenters. The van der Waals surface area contributed by atoms with Gasteiger partial charge < -0.3 is 19.9 Å². The number of amides is 1. The molecule has 10 heteroatoms. The van der Waals surface area contributed by atoms with Gasteiger partial charge in [0.15, 0.2) is 11.5 Å². The van der Waals surface area contributed by atoms with Crippen LogP contribution in [-0.2, 0) is 17.6 Å². The Hall–Kier alpha value is -2.85. The van der Waals surface area contributed by atoms with E-state index in [2.05, 4.69) is 22.2 Å². The van der Waals surface area contributed by atoms with Crippen molar-refractivity contribution < 1.29 is 24.2 Å². The lowest BCUT2D eigenvalue weighted by molar-refractivity contribution is -0.113. The highest BCUT2D eigenvalue weighted by atomic mass is 32.2. The molecule has 2 aromatic heterocycles. The lowest BCUT2D eigenvalue weighted by atomic mass is 9.89. The van der Waals surface area contributed by atoms with Crippen LogP contribution in [0.4, 0.5) is 5.69 Å². The van der Waals surface area contributed by atoms with Crippen molar-refractivity contribution in [1.29, 1.82) is 0 Å². The van der Waals surface area contributed by atoms with Gasteiger partial charge in [0.2, 0.25) is 5.91 Å². The highest BCUT2D eigenvalue weighted by molar-refractivity contribution is 8.00. The molecule has 0 radical (unpaired) electrons. The molecule has 1 aliphatic carbocycles. The summed E-state index contributed by atoms with van der Waals surface area (Å²) >= 11 is 3.04. The summed E-state index contributed by atoms with van der Waals surface area (Å²) in [4.78, 5) is 35.5. The Balaban J connectivity index is 1.54. The van der Waals surface area contributed by atoms with Gasteiger partial charge in [-0.2, -0.15) is 0 Å². The number of carbonyl (C=O) groups is 2. The van der Waals surface area contributed by atoms with E-state index in [1.165, 1.54) is 54.9 Å². The van der Waals surface area contributed by atoms with Gasteiger partial charge in [0.25, 0.3) is 0 Å². The van der Waals surface area contributed by atoms with Gasteiger partial charge in [0.1, 0.15) is 16.2 Å². The van der Waals surface area contributed by atoms with Crippen LogP contribution in [0.3, 0.4) is 0 Å². The number of anilines is 1. The minimum Gasteiger partial charge on any atom is -0.493 e. The number of fused-ring (bicyclic) bond motifs is 3. The predicted octanol–water partition coefficient (Wildman–Crippen LogP) is 4.26. The van der Waals surface area contributed by atoms with Gasteiger partial charge in [-0.1, -0.05) is 18.7 Å². The van der Waals surface area contributed by atoms with Crippen molar-refractivity contribution in [2.75, 3.05) is 25.3 Å². The van der Waals surface area contributed by atoms with E-state index < -0.39 is 5.97 Å². The molecular weight excluding hydrogens is 450 g/mol. The van der Waals surface area contributed by atoms with Crippen LogP contribution >= 0.6 is 23.1 Å². The molecule has 0 saturated carbocycles. The minimum atomic E-state index is -1.18. The average molecular weight is 474 g/mol. The number of thiophene rings is 1. The van der Waals surface area contributed by atoms with Crippen molar-refractivity contribution >= 4 is 50.9 Å². The number of carboxylic acids is 1. The third kappa shape index (κ3) is 4.37. The van der Waals surface area contributed by atoms with Crippen molar-refractivity contribution in [2.45, 2.75) is 31.2 Å². The van der Waals surface area contributed by atoms with Gasteiger partial charge in [-0.25, -0.2) is 14.8 Å². The molecule has 1 aliphatic rings. The Morgan fingerprint density at radius 2 is 2.00 bits per heavy atom. The summed E-state index contributed by atoms with van der Waals surface area (Å²) in [6, 6.07) is 2.78. The summed E-state index contributed by atoms with van der Waals surface area (Å²) in [7, 11) is 2.87. The first kappa shape index (κ1) is 22.3. The van der Waals surface area contributed by atoms with Gasteiger partial charge in [-0.3, -0.25) is 4.79 Å². The van der Waals surface area contributed by atoms with E-state index in [0.717, 1.165) is 34.5 Å². The maximum Gasteiger partial charge on any atom is 0.337 e. The average Bonchev–Trinajstić information content (AvgIpc) is 3.15. The highest BCUT2D eigenvalue weighted by Gasteiger charge is 2.24. The molecule has 0 saturated heterocycles. The number of nitrogens with zero attached hydrogens (tertiary/aromatic N) is 2. The third-order valence-corrected chi connectivity index (χ3v) is 7.58. The largest absolute Gasteiger partial charge is 0.493 e. The summed E-state index contributed by atoms with van der Waals surface area (Å²) < 4.78 is 10.4. The van der Waals surface area contributed by atoms with E-state index in [1.54, 1.807) is 11.3 Å². The van der Waals surface area contributed by atoms with Crippen molar-refractivity contribution in [3.8, 4) is 11.5 Å². The molecule has 2 heterocycles. The number of carboxylic acid groups (broad SMARTS) is 1. The first-order valence-electron chi connectivity index (χ1n) is 10.1. The van der Waals surface area contributed by atoms with Crippen LogP contribution in [0.15, 0.2) is 23.5 Å². The molecule has 4 rings (SSSR count). The van der Waals surface area contributed by atoms with Gasteiger partial charge in [-0.15, -0.1) is 11.3 Å². The second-order valence-electron chi connectivity index (χ2n) is 7.61. The molecule has 2 N–H and O–H groups in total. The fourth-order valence-electron chi connectivity index (χ4n) is 3.84. The zero-order chi connectivity index (χ0) is 22.8. The number of ether oxygens (including phenoxy) is 2. The Morgan fingerprint density at radius 1 is 1.25 bits per heavy atom. The maximum atomic E-state index is 12.7. The normalized spacial score (nSPS) is 15.3. The zero-order valence-electron chi connectivity index (χ0n) is 17.9. The van der Waals surface area contributed by atoms with Crippen LogP contribution in [0.25, 0.3) is 10.2 Å². The van der Waals surface area contributed by atoms with Crippen molar-refractivity contribution in [2.24, 2.45) is 5.92 Å². The molecule has 0 bridgehead atoms. The Bertz CT molecular complexity index is 1190. The molecule has 0 fully saturated rings. The van der Waals surface area contributed by atoms with Gasteiger partial charge in [0, 0.05) is 22.4 Å². The summed E-state index contributed by atoms with van der Waals surface area (Å²) in [5.41, 5.74) is 1.38. The maximum absolute atomic E-state index is 12.7. The van der Waals surface area contributed by atoms with Crippen LogP contribution in [-0.4, -0.2) is 46.9 Å². The van der Waals surface area contributed by atoms with Gasteiger partial charge in [-0.05, 0) is 30.7 Å². The molecule has 1 amide bonds. The zero-order valence-corrected chi connectivity index (χ0v) is 19.6. The summed E-state index contributed by atoms with van der Waals surface area (Å²) in [6.45, 7) is 2.26. The number of hydrogen-bond acceptors (Lipinski definition) is 8. The van der Waals surface area contributed by atoms with Crippen LogP contribution in [0.5, 0.6) is 11.5 Å². The minimum absolute atomic E-state index is 0.0774. The first-order chi connectivity index (χ1) is 15.4. The van der Waals surface area contributed by atoms with Crippen LogP contribution in [0, 0.1) is 5.92 Å². The van der Waals surface area contributed by atoms with Crippen molar-refractivity contribution in [3.05, 3.63) is 34.5 Å². The van der Waals surface area contributed by atoms with Gasteiger partial charge >= 0.3 is 5.97 Å². The Morgan fingerprint density at radius 3 is 2.72 bits per heavy atom. The molecule has 8 nitrogen and oxygen atoms in total.